The second-order valence-corrected chi connectivity index (χ2v) is 13.2. The minimum atomic E-state index is -0.468. The standard InChI is InChI=1S/C16H24O4.C16H22O4.2CH4/c2*1-10(2)5-6-12-15(3,20-12)14-13(18-4)11(17)7-8-16(14)9-19-16;;/h5,12-14H,6-9H2,1-4H3;5,7-8,12-14H,6,9H2,1-4H3;2*1H4/t2*12-,13-,14?,15-,16+;;/m11../s1. The van der Waals surface area contributed by atoms with Gasteiger partial charge in [0.15, 0.2) is 11.6 Å². The second kappa shape index (κ2) is 12.4. The maximum Gasteiger partial charge on any atom is 0.184 e. The lowest BCUT2D eigenvalue weighted by Crippen LogP contribution is -2.52. The van der Waals surface area contributed by atoms with E-state index in [-0.39, 0.29) is 79.0 Å². The van der Waals surface area contributed by atoms with Crippen molar-refractivity contribution in [2.75, 3.05) is 27.4 Å². The van der Waals surface area contributed by atoms with Crippen LogP contribution in [0.2, 0.25) is 0 Å². The quantitative estimate of drug-likeness (QED) is 0.267. The Morgan fingerprint density at radius 2 is 1.36 bits per heavy atom. The van der Waals surface area contributed by atoms with Gasteiger partial charge in [-0.05, 0) is 73.0 Å². The van der Waals surface area contributed by atoms with Gasteiger partial charge in [0.2, 0.25) is 0 Å². The van der Waals surface area contributed by atoms with Gasteiger partial charge in [-0.1, -0.05) is 38.2 Å². The van der Waals surface area contributed by atoms with E-state index >= 15 is 0 Å². The first-order valence-electron chi connectivity index (χ1n) is 14.6. The Morgan fingerprint density at radius 1 is 0.857 bits per heavy atom. The summed E-state index contributed by atoms with van der Waals surface area (Å²) in [6.45, 7) is 13.9. The van der Waals surface area contributed by atoms with Crippen LogP contribution in [0.25, 0.3) is 0 Å². The van der Waals surface area contributed by atoms with E-state index in [1.807, 2.05) is 6.08 Å². The van der Waals surface area contributed by atoms with Crippen LogP contribution in [0, 0.1) is 11.8 Å². The molecule has 8 heteroatoms. The van der Waals surface area contributed by atoms with Crippen LogP contribution in [0.15, 0.2) is 35.5 Å². The van der Waals surface area contributed by atoms with Crippen molar-refractivity contribution in [2.45, 2.75) is 129 Å². The molecule has 4 heterocycles. The first-order chi connectivity index (χ1) is 18.9. The molecule has 2 spiro atoms. The molecule has 0 aromatic rings. The average molecular weight is 591 g/mol. The number of hydrogen-bond acceptors (Lipinski definition) is 8. The molecule has 2 unspecified atom stereocenters. The molecule has 0 amide bonds. The molecule has 0 bridgehead atoms. The summed E-state index contributed by atoms with van der Waals surface area (Å²) in [4.78, 5) is 24.2. The third-order valence-corrected chi connectivity index (χ3v) is 9.79. The molecular formula is C34H54O8. The normalized spacial score (nSPS) is 43.8. The number of allylic oxidation sites excluding steroid dienone is 2. The molecule has 0 aromatic heterocycles. The van der Waals surface area contributed by atoms with Crippen molar-refractivity contribution in [3.05, 3.63) is 35.5 Å². The summed E-state index contributed by atoms with van der Waals surface area (Å²) < 4.78 is 34.3. The van der Waals surface area contributed by atoms with Crippen molar-refractivity contribution < 1.29 is 38.0 Å². The number of ether oxygens (including phenoxy) is 6. The number of epoxide rings is 4. The van der Waals surface area contributed by atoms with Gasteiger partial charge in [0.25, 0.3) is 0 Å². The van der Waals surface area contributed by atoms with E-state index in [4.69, 9.17) is 28.4 Å². The lowest BCUT2D eigenvalue weighted by Gasteiger charge is -2.37. The van der Waals surface area contributed by atoms with Crippen LogP contribution in [0.1, 0.15) is 82.1 Å². The molecule has 2 aliphatic carbocycles. The van der Waals surface area contributed by atoms with Crippen molar-refractivity contribution in [3.8, 4) is 0 Å². The van der Waals surface area contributed by atoms with Crippen LogP contribution < -0.4 is 0 Å². The summed E-state index contributed by atoms with van der Waals surface area (Å²) in [6, 6.07) is 0. The zero-order valence-electron chi connectivity index (χ0n) is 25.3. The van der Waals surface area contributed by atoms with Crippen LogP contribution in [0.5, 0.6) is 0 Å². The molecule has 6 aliphatic rings. The van der Waals surface area contributed by atoms with Crippen molar-refractivity contribution in [2.24, 2.45) is 11.8 Å². The molecule has 238 valence electrons. The molecule has 1 saturated carbocycles. The topological polar surface area (TPSA) is 103 Å². The zero-order chi connectivity index (χ0) is 29.1. The summed E-state index contributed by atoms with van der Waals surface area (Å²) in [5.74, 6) is 0.164. The summed E-state index contributed by atoms with van der Waals surface area (Å²) >= 11 is 0. The SMILES string of the molecule is C.C.CO[C@@H]1C(=O)C=C[C@]2(CO2)C1[C@]1(C)O[C@@H]1CC=C(C)C.CO[C@@H]1C(=O)CC[C@]2(CO2)C1[C@]1(C)O[C@@H]1CC=C(C)C. The Balaban J connectivity index is 0.000000220. The number of carbonyl (C=O) groups is 2. The monoisotopic (exact) mass is 590 g/mol. The average Bonchev–Trinajstić information content (AvgIpc) is 3.76. The number of methoxy groups -OCH3 is 2. The molecular weight excluding hydrogens is 536 g/mol. The molecule has 0 N–H and O–H groups in total. The van der Waals surface area contributed by atoms with Gasteiger partial charge in [0, 0.05) is 20.6 Å². The van der Waals surface area contributed by atoms with Crippen molar-refractivity contribution >= 4 is 11.6 Å². The van der Waals surface area contributed by atoms with E-state index in [0.717, 1.165) is 25.9 Å². The Labute approximate surface area is 253 Å². The fourth-order valence-electron chi connectivity index (χ4n) is 7.18. The van der Waals surface area contributed by atoms with E-state index in [2.05, 4.69) is 53.7 Å². The Morgan fingerprint density at radius 3 is 1.79 bits per heavy atom. The van der Waals surface area contributed by atoms with E-state index in [1.54, 1.807) is 20.3 Å². The third-order valence-electron chi connectivity index (χ3n) is 9.79. The molecule has 4 saturated heterocycles. The highest BCUT2D eigenvalue weighted by Gasteiger charge is 2.72. The van der Waals surface area contributed by atoms with Gasteiger partial charge in [0.05, 0.1) is 37.3 Å². The zero-order valence-corrected chi connectivity index (χ0v) is 25.3. The molecule has 10 atom stereocenters. The first kappa shape index (κ1) is 34.8. The fourth-order valence-corrected chi connectivity index (χ4v) is 7.18. The number of Topliss-reactive ketones (excluding diaryl/α,β-unsaturated/α-hetero) is 1. The summed E-state index contributed by atoms with van der Waals surface area (Å²) in [7, 11) is 3.20. The maximum absolute atomic E-state index is 12.2. The van der Waals surface area contributed by atoms with Gasteiger partial charge >= 0.3 is 0 Å². The van der Waals surface area contributed by atoms with Crippen LogP contribution in [-0.2, 0) is 38.0 Å². The number of hydrogen-bond donors (Lipinski definition) is 0. The van der Waals surface area contributed by atoms with E-state index < -0.39 is 6.10 Å². The van der Waals surface area contributed by atoms with Gasteiger partial charge in [0.1, 0.15) is 34.6 Å². The molecule has 0 radical (unpaired) electrons. The Hall–Kier alpha value is -1.68. The predicted octanol–water partition coefficient (Wildman–Crippen LogP) is 5.57. The largest absolute Gasteiger partial charge is 0.373 e. The lowest BCUT2D eigenvalue weighted by atomic mass is 9.69. The van der Waals surface area contributed by atoms with E-state index in [9.17, 15) is 9.59 Å². The molecule has 5 fully saturated rings. The predicted molar refractivity (Wildman–Crippen MR) is 162 cm³/mol. The highest BCUT2D eigenvalue weighted by molar-refractivity contribution is 5.95. The maximum atomic E-state index is 12.2. The minimum absolute atomic E-state index is 0. The van der Waals surface area contributed by atoms with Gasteiger partial charge < -0.3 is 28.4 Å². The number of carbonyl (C=O) groups excluding carboxylic acids is 2. The smallest absolute Gasteiger partial charge is 0.184 e. The summed E-state index contributed by atoms with van der Waals surface area (Å²) in [5, 5.41) is 0. The lowest BCUT2D eigenvalue weighted by molar-refractivity contribution is -0.142. The molecule has 8 nitrogen and oxygen atoms in total. The van der Waals surface area contributed by atoms with Gasteiger partial charge in [-0.25, -0.2) is 0 Å². The van der Waals surface area contributed by atoms with E-state index in [0.29, 0.717) is 13.0 Å². The van der Waals surface area contributed by atoms with Crippen molar-refractivity contribution in [3.63, 3.8) is 0 Å². The fraction of sp³-hybridized carbons (Fsp3) is 0.765. The molecule has 6 rings (SSSR count). The minimum Gasteiger partial charge on any atom is -0.373 e. The summed E-state index contributed by atoms with van der Waals surface area (Å²) in [6.07, 6.45) is 10.5. The van der Waals surface area contributed by atoms with Crippen LogP contribution in [0.3, 0.4) is 0 Å². The summed E-state index contributed by atoms with van der Waals surface area (Å²) in [5.41, 5.74) is 1.40. The Bertz CT molecular complexity index is 1110. The number of rotatable bonds is 8. The van der Waals surface area contributed by atoms with Gasteiger partial charge in [-0.3, -0.25) is 9.59 Å². The molecule has 4 aliphatic heterocycles. The highest BCUT2D eigenvalue weighted by Crippen LogP contribution is 2.59. The van der Waals surface area contributed by atoms with Crippen LogP contribution >= 0.6 is 0 Å². The third kappa shape index (κ3) is 6.26. The first-order valence-corrected chi connectivity index (χ1v) is 14.6. The van der Waals surface area contributed by atoms with Gasteiger partial charge in [-0.15, -0.1) is 0 Å². The van der Waals surface area contributed by atoms with E-state index in [1.165, 1.54) is 11.1 Å². The molecule has 0 aromatic carbocycles. The van der Waals surface area contributed by atoms with Gasteiger partial charge in [-0.2, -0.15) is 0 Å². The van der Waals surface area contributed by atoms with Crippen molar-refractivity contribution in [1.82, 2.24) is 0 Å². The Kier molecular flexibility index (Phi) is 10.3. The van der Waals surface area contributed by atoms with Crippen LogP contribution in [0.4, 0.5) is 0 Å². The number of ketones is 2. The highest BCUT2D eigenvalue weighted by atomic mass is 16.6. The van der Waals surface area contributed by atoms with Crippen LogP contribution in [-0.4, -0.2) is 85.8 Å². The van der Waals surface area contributed by atoms with Crippen molar-refractivity contribution in [1.29, 1.82) is 0 Å². The molecule has 42 heavy (non-hydrogen) atoms. The second-order valence-electron chi connectivity index (χ2n) is 13.2.